The molecule has 2 atom stereocenters. The Morgan fingerprint density at radius 1 is 1.61 bits per heavy atom. The number of halogens is 1. The van der Waals surface area contributed by atoms with Gasteiger partial charge in [-0.05, 0) is 38.0 Å². The molecule has 0 aliphatic carbocycles. The van der Waals surface area contributed by atoms with E-state index in [2.05, 4.69) is 12.2 Å². The molecule has 2 unspecified atom stereocenters. The van der Waals surface area contributed by atoms with E-state index >= 15 is 0 Å². The first-order valence-electron chi connectivity index (χ1n) is 6.05. The summed E-state index contributed by atoms with van der Waals surface area (Å²) in [6.07, 6.45) is 2.44. The molecule has 1 aromatic carbocycles. The topological polar surface area (TPSA) is 47.3 Å². The Morgan fingerprint density at radius 3 is 3.00 bits per heavy atom. The zero-order valence-corrected chi connectivity index (χ0v) is 11.9. The molecule has 1 aromatic rings. The van der Waals surface area contributed by atoms with Crippen molar-refractivity contribution in [3.8, 4) is 0 Å². The molecule has 0 amide bonds. The van der Waals surface area contributed by atoms with Crippen LogP contribution < -0.4 is 11.1 Å². The molecular formula is C13H17ClN2OS. The lowest BCUT2D eigenvalue weighted by atomic mass is 10.1. The third kappa shape index (κ3) is 3.13. The fourth-order valence-corrected chi connectivity index (χ4v) is 2.54. The van der Waals surface area contributed by atoms with E-state index in [1.165, 1.54) is 0 Å². The average Bonchev–Trinajstić information content (AvgIpc) is 2.81. The molecule has 3 nitrogen and oxygen atoms in total. The number of ether oxygens (including phenoxy) is 1. The van der Waals surface area contributed by atoms with Crippen LogP contribution in [0.15, 0.2) is 18.2 Å². The minimum absolute atomic E-state index is 0.207. The first-order valence-corrected chi connectivity index (χ1v) is 6.84. The molecule has 0 saturated carbocycles. The second kappa shape index (κ2) is 5.87. The maximum absolute atomic E-state index is 6.01. The van der Waals surface area contributed by atoms with Crippen molar-refractivity contribution in [2.24, 2.45) is 5.73 Å². The van der Waals surface area contributed by atoms with Crippen LogP contribution in [0.5, 0.6) is 0 Å². The van der Waals surface area contributed by atoms with E-state index < -0.39 is 0 Å². The maximum Gasteiger partial charge on any atom is 0.106 e. The van der Waals surface area contributed by atoms with Crippen LogP contribution in [0, 0.1) is 0 Å². The molecule has 0 aromatic heterocycles. The van der Waals surface area contributed by atoms with Crippen molar-refractivity contribution in [1.29, 1.82) is 0 Å². The summed E-state index contributed by atoms with van der Waals surface area (Å²) in [5, 5.41) is 4.06. The largest absolute Gasteiger partial charge is 0.389 e. The van der Waals surface area contributed by atoms with E-state index in [1.54, 1.807) is 6.07 Å². The first kappa shape index (κ1) is 13.6. The summed E-state index contributed by atoms with van der Waals surface area (Å²) in [4.78, 5) is 0.369. The van der Waals surface area contributed by atoms with Gasteiger partial charge in [0, 0.05) is 28.9 Å². The van der Waals surface area contributed by atoms with Gasteiger partial charge in [0.1, 0.15) is 4.99 Å². The van der Waals surface area contributed by atoms with Crippen LogP contribution >= 0.6 is 23.8 Å². The van der Waals surface area contributed by atoms with Gasteiger partial charge in [0.15, 0.2) is 0 Å². The van der Waals surface area contributed by atoms with Crippen LogP contribution in [-0.2, 0) is 4.74 Å². The third-order valence-corrected chi connectivity index (χ3v) is 3.61. The van der Waals surface area contributed by atoms with Crippen molar-refractivity contribution in [2.45, 2.75) is 31.9 Å². The van der Waals surface area contributed by atoms with Crippen molar-refractivity contribution in [3.63, 3.8) is 0 Å². The van der Waals surface area contributed by atoms with E-state index in [-0.39, 0.29) is 12.1 Å². The molecule has 2 rings (SSSR count). The normalized spacial score (nSPS) is 20.7. The van der Waals surface area contributed by atoms with E-state index in [1.807, 2.05) is 12.1 Å². The third-order valence-electron chi connectivity index (χ3n) is 3.15. The smallest absolute Gasteiger partial charge is 0.106 e. The highest BCUT2D eigenvalue weighted by Gasteiger charge is 2.23. The summed E-state index contributed by atoms with van der Waals surface area (Å²) in [6.45, 7) is 2.94. The molecule has 0 bridgehead atoms. The Bertz CT molecular complexity index is 447. The number of rotatable bonds is 4. The second-order valence-corrected chi connectivity index (χ2v) is 5.41. The zero-order valence-electron chi connectivity index (χ0n) is 10.3. The fourth-order valence-electron chi connectivity index (χ4n) is 2.19. The lowest BCUT2D eigenvalue weighted by molar-refractivity contribution is 0.0996. The van der Waals surface area contributed by atoms with Gasteiger partial charge < -0.3 is 15.8 Å². The highest BCUT2D eigenvalue weighted by Crippen LogP contribution is 2.24. The summed E-state index contributed by atoms with van der Waals surface area (Å²) in [5.74, 6) is 0. The zero-order chi connectivity index (χ0) is 13.1. The summed E-state index contributed by atoms with van der Waals surface area (Å²) in [6, 6.07) is 5.69. The van der Waals surface area contributed by atoms with E-state index in [9.17, 15) is 0 Å². The van der Waals surface area contributed by atoms with Crippen LogP contribution in [0.2, 0.25) is 5.02 Å². The number of thiocarbonyl (C=S) groups is 1. The molecule has 1 fully saturated rings. The number of nitrogens with one attached hydrogen (secondary N) is 1. The lowest BCUT2D eigenvalue weighted by Crippen LogP contribution is -2.31. The number of nitrogens with two attached hydrogens (primary N) is 1. The van der Waals surface area contributed by atoms with Gasteiger partial charge in [0.2, 0.25) is 0 Å². The predicted molar refractivity (Wildman–Crippen MR) is 79.4 cm³/mol. The SMILES string of the molecule is CC(Nc1cc(Cl)ccc1C(N)=S)C1CCCO1. The van der Waals surface area contributed by atoms with Crippen molar-refractivity contribution >= 4 is 34.5 Å². The Kier molecular flexibility index (Phi) is 4.43. The van der Waals surface area contributed by atoms with Crippen LogP contribution in [0.25, 0.3) is 0 Å². The molecule has 1 saturated heterocycles. The quantitative estimate of drug-likeness (QED) is 0.835. The van der Waals surface area contributed by atoms with Crippen molar-refractivity contribution < 1.29 is 4.74 Å². The number of hydrogen-bond acceptors (Lipinski definition) is 3. The molecule has 18 heavy (non-hydrogen) atoms. The van der Waals surface area contributed by atoms with E-state index in [0.29, 0.717) is 10.0 Å². The van der Waals surface area contributed by atoms with Crippen LogP contribution in [0.1, 0.15) is 25.3 Å². The average molecular weight is 285 g/mol. The summed E-state index contributed by atoms with van der Waals surface area (Å²) in [5.41, 5.74) is 7.40. The molecule has 3 N–H and O–H groups in total. The molecule has 98 valence electrons. The maximum atomic E-state index is 6.01. The second-order valence-electron chi connectivity index (χ2n) is 4.54. The molecule has 0 radical (unpaired) electrons. The van der Waals surface area contributed by atoms with Crippen molar-refractivity contribution in [3.05, 3.63) is 28.8 Å². The van der Waals surface area contributed by atoms with E-state index in [0.717, 1.165) is 30.7 Å². The highest BCUT2D eigenvalue weighted by molar-refractivity contribution is 7.80. The van der Waals surface area contributed by atoms with Gasteiger partial charge in [-0.25, -0.2) is 0 Å². The fraction of sp³-hybridized carbons (Fsp3) is 0.462. The molecule has 1 aliphatic rings. The minimum Gasteiger partial charge on any atom is -0.389 e. The van der Waals surface area contributed by atoms with Gasteiger partial charge >= 0.3 is 0 Å². The minimum atomic E-state index is 0.207. The Hall–Kier alpha value is -0.840. The Balaban J connectivity index is 2.16. The number of benzene rings is 1. The van der Waals surface area contributed by atoms with Crippen LogP contribution in [0.3, 0.4) is 0 Å². The van der Waals surface area contributed by atoms with Crippen molar-refractivity contribution in [2.75, 3.05) is 11.9 Å². The van der Waals surface area contributed by atoms with Gasteiger partial charge in [0.05, 0.1) is 6.10 Å². The summed E-state index contributed by atoms with van der Waals surface area (Å²) < 4.78 is 5.66. The molecular weight excluding hydrogens is 268 g/mol. The van der Waals surface area contributed by atoms with Gasteiger partial charge in [-0.1, -0.05) is 23.8 Å². The summed E-state index contributed by atoms with van der Waals surface area (Å²) in [7, 11) is 0. The van der Waals surface area contributed by atoms with Crippen molar-refractivity contribution in [1.82, 2.24) is 0 Å². The standard InChI is InChI=1S/C13H17ClN2OS/c1-8(12-3-2-6-17-12)16-11-7-9(14)4-5-10(11)13(15)18/h4-5,7-8,12,16H,2-3,6H2,1H3,(H2,15,18). The van der Waals surface area contributed by atoms with Gasteiger partial charge in [0.25, 0.3) is 0 Å². The van der Waals surface area contributed by atoms with E-state index in [4.69, 9.17) is 34.3 Å². The lowest BCUT2D eigenvalue weighted by Gasteiger charge is -2.22. The van der Waals surface area contributed by atoms with Gasteiger partial charge in [-0.3, -0.25) is 0 Å². The molecule has 5 heteroatoms. The Morgan fingerprint density at radius 2 is 2.39 bits per heavy atom. The van der Waals surface area contributed by atoms with Gasteiger partial charge in [-0.15, -0.1) is 0 Å². The number of hydrogen-bond donors (Lipinski definition) is 2. The van der Waals surface area contributed by atoms with Gasteiger partial charge in [-0.2, -0.15) is 0 Å². The monoisotopic (exact) mass is 284 g/mol. The van der Waals surface area contributed by atoms with Crippen LogP contribution in [0.4, 0.5) is 5.69 Å². The van der Waals surface area contributed by atoms with Crippen LogP contribution in [-0.4, -0.2) is 23.7 Å². The predicted octanol–water partition coefficient (Wildman–Crippen LogP) is 2.95. The Labute approximate surface area is 118 Å². The highest BCUT2D eigenvalue weighted by atomic mass is 35.5. The summed E-state index contributed by atoms with van der Waals surface area (Å²) >= 11 is 11.1. The molecule has 1 aliphatic heterocycles. The molecule has 0 spiro atoms. The first-order chi connectivity index (χ1) is 8.58. The molecule has 1 heterocycles. The number of anilines is 1.